The van der Waals surface area contributed by atoms with Gasteiger partial charge in [-0.15, -0.1) is 0 Å². The molecule has 0 atom stereocenters. The number of imidazole rings is 1. The summed E-state index contributed by atoms with van der Waals surface area (Å²) in [6.45, 7) is 1.74. The lowest BCUT2D eigenvalue weighted by Crippen LogP contribution is -2.08. The molecular weight excluding hydrogens is 363 g/mol. The second-order valence-corrected chi connectivity index (χ2v) is 6.41. The molecule has 0 bridgehead atoms. The number of benzene rings is 2. The lowest BCUT2D eigenvalue weighted by molar-refractivity contribution is -0.137. The molecule has 0 aliphatic rings. The molecule has 4 rings (SSSR count). The van der Waals surface area contributed by atoms with Crippen LogP contribution in [-0.2, 0) is 6.18 Å². The number of aromatic nitrogens is 2. The molecular formula is C22H16F3N3. The minimum absolute atomic E-state index is 0.153. The number of pyridine rings is 1. The van der Waals surface area contributed by atoms with Crippen molar-refractivity contribution in [1.29, 1.82) is 0 Å². The molecule has 0 amide bonds. The Bertz CT molecular complexity index is 1100. The molecule has 0 aliphatic carbocycles. The van der Waals surface area contributed by atoms with E-state index in [1.54, 1.807) is 17.5 Å². The maximum Gasteiger partial charge on any atom is 0.418 e. The molecule has 140 valence electrons. The van der Waals surface area contributed by atoms with E-state index < -0.39 is 11.7 Å². The van der Waals surface area contributed by atoms with Gasteiger partial charge in [0, 0.05) is 23.5 Å². The van der Waals surface area contributed by atoms with E-state index in [4.69, 9.17) is 0 Å². The third kappa shape index (κ3) is 3.53. The van der Waals surface area contributed by atoms with Gasteiger partial charge in [0.05, 0.1) is 22.7 Å². The van der Waals surface area contributed by atoms with Gasteiger partial charge in [-0.05, 0) is 13.0 Å². The Morgan fingerprint density at radius 1 is 0.893 bits per heavy atom. The van der Waals surface area contributed by atoms with Crippen molar-refractivity contribution >= 4 is 17.0 Å². The molecule has 2 aromatic heterocycles. The fraction of sp³-hybridized carbons (Fsp3) is 0.0909. The Balaban J connectivity index is 1.99. The average molecular weight is 379 g/mol. The van der Waals surface area contributed by atoms with Gasteiger partial charge in [-0.3, -0.25) is 0 Å². The number of nitrogens with zero attached hydrogens (tertiary/aromatic N) is 3. The van der Waals surface area contributed by atoms with E-state index in [0.29, 0.717) is 11.4 Å². The minimum atomic E-state index is -4.54. The number of alkyl halides is 3. The minimum Gasteiger partial charge on any atom is -0.305 e. The second-order valence-electron chi connectivity index (χ2n) is 6.41. The first-order valence-corrected chi connectivity index (χ1v) is 8.68. The van der Waals surface area contributed by atoms with Crippen LogP contribution in [0.3, 0.4) is 0 Å². The highest BCUT2D eigenvalue weighted by Gasteiger charge is 2.34. The van der Waals surface area contributed by atoms with Crippen LogP contribution in [0.25, 0.3) is 5.65 Å². The summed E-state index contributed by atoms with van der Waals surface area (Å²) < 4.78 is 42.8. The van der Waals surface area contributed by atoms with Crippen LogP contribution in [0.4, 0.5) is 18.9 Å². The van der Waals surface area contributed by atoms with Crippen molar-refractivity contribution in [2.45, 2.75) is 13.1 Å². The standard InChI is InChI=1S/C22H16F3N3/c1-15-13-28-14-19(18(22(23,24)25)12-20(28)26-15)27-21(16-8-4-2-5-9-16)17-10-6-3-7-11-17/h2-14H,1H3. The molecule has 2 aromatic carbocycles. The first-order chi connectivity index (χ1) is 13.4. The first kappa shape index (κ1) is 18.0. The largest absolute Gasteiger partial charge is 0.418 e. The first-order valence-electron chi connectivity index (χ1n) is 8.68. The van der Waals surface area contributed by atoms with E-state index in [2.05, 4.69) is 9.98 Å². The van der Waals surface area contributed by atoms with Crippen molar-refractivity contribution < 1.29 is 13.2 Å². The maximum absolute atomic E-state index is 13.7. The summed E-state index contributed by atoms with van der Waals surface area (Å²) in [5.74, 6) is 0. The van der Waals surface area contributed by atoms with Crippen molar-refractivity contribution in [3.05, 3.63) is 102 Å². The summed E-state index contributed by atoms with van der Waals surface area (Å²) in [6.07, 6.45) is -1.48. The van der Waals surface area contributed by atoms with Gasteiger partial charge >= 0.3 is 6.18 Å². The smallest absolute Gasteiger partial charge is 0.305 e. The summed E-state index contributed by atoms with van der Waals surface area (Å²) in [4.78, 5) is 8.61. The molecule has 4 aromatic rings. The molecule has 0 radical (unpaired) electrons. The zero-order valence-electron chi connectivity index (χ0n) is 15.0. The van der Waals surface area contributed by atoms with Gasteiger partial charge in [-0.1, -0.05) is 60.7 Å². The zero-order valence-corrected chi connectivity index (χ0v) is 15.0. The Hall–Kier alpha value is -3.41. The highest BCUT2D eigenvalue weighted by Crippen LogP contribution is 2.37. The summed E-state index contributed by atoms with van der Waals surface area (Å²) in [5, 5.41) is 0. The van der Waals surface area contributed by atoms with Crippen molar-refractivity contribution in [3.8, 4) is 0 Å². The highest BCUT2D eigenvalue weighted by atomic mass is 19.4. The van der Waals surface area contributed by atoms with Crippen LogP contribution in [0.5, 0.6) is 0 Å². The lowest BCUT2D eigenvalue weighted by Gasteiger charge is -2.13. The molecule has 0 spiro atoms. The van der Waals surface area contributed by atoms with Crippen LogP contribution in [0.15, 0.2) is 84.1 Å². The highest BCUT2D eigenvalue weighted by molar-refractivity contribution is 6.14. The van der Waals surface area contributed by atoms with Crippen molar-refractivity contribution in [3.63, 3.8) is 0 Å². The van der Waals surface area contributed by atoms with Crippen molar-refractivity contribution in [1.82, 2.24) is 9.38 Å². The number of hydrogen-bond acceptors (Lipinski definition) is 2. The number of aliphatic imine (C=N–C) groups is 1. The topological polar surface area (TPSA) is 29.7 Å². The third-order valence-corrected chi connectivity index (χ3v) is 4.32. The SMILES string of the molecule is Cc1cn2cc(N=C(c3ccccc3)c3ccccc3)c(C(F)(F)F)cc2n1. The molecule has 28 heavy (non-hydrogen) atoms. The number of fused-ring (bicyclic) bond motifs is 1. The summed E-state index contributed by atoms with van der Waals surface area (Å²) in [6, 6.07) is 19.4. The van der Waals surface area contributed by atoms with Gasteiger partial charge in [0.1, 0.15) is 5.65 Å². The maximum atomic E-state index is 13.7. The predicted octanol–water partition coefficient (Wildman–Crippen LogP) is 5.83. The van der Waals surface area contributed by atoms with Gasteiger partial charge < -0.3 is 4.40 Å². The van der Waals surface area contributed by atoms with Crippen molar-refractivity contribution in [2.24, 2.45) is 4.99 Å². The van der Waals surface area contributed by atoms with Gasteiger partial charge in [0.25, 0.3) is 0 Å². The zero-order chi connectivity index (χ0) is 19.7. The van der Waals surface area contributed by atoms with E-state index >= 15 is 0 Å². The molecule has 3 nitrogen and oxygen atoms in total. The van der Waals surface area contributed by atoms with Crippen LogP contribution in [0.2, 0.25) is 0 Å². The predicted molar refractivity (Wildman–Crippen MR) is 103 cm³/mol. The molecule has 0 fully saturated rings. The Morgan fingerprint density at radius 2 is 1.46 bits per heavy atom. The summed E-state index contributed by atoms with van der Waals surface area (Å²) in [7, 11) is 0. The van der Waals surface area contributed by atoms with E-state index in [-0.39, 0.29) is 11.3 Å². The molecule has 0 saturated heterocycles. The Kier molecular flexibility index (Phi) is 4.47. The molecule has 0 saturated carbocycles. The van der Waals surface area contributed by atoms with Crippen molar-refractivity contribution in [2.75, 3.05) is 0 Å². The fourth-order valence-electron chi connectivity index (χ4n) is 3.07. The monoisotopic (exact) mass is 379 g/mol. The molecule has 0 N–H and O–H groups in total. The Morgan fingerprint density at radius 3 is 2.00 bits per heavy atom. The summed E-state index contributed by atoms with van der Waals surface area (Å²) in [5.41, 5.74) is 1.87. The van der Waals surface area contributed by atoms with Gasteiger partial charge in [-0.2, -0.15) is 13.2 Å². The van der Waals surface area contributed by atoms with E-state index in [0.717, 1.165) is 17.2 Å². The third-order valence-electron chi connectivity index (χ3n) is 4.32. The van der Waals surface area contributed by atoms with Gasteiger partial charge in [0.15, 0.2) is 0 Å². The van der Waals surface area contributed by atoms with Gasteiger partial charge in [-0.25, -0.2) is 9.98 Å². The normalized spacial score (nSPS) is 11.6. The number of aryl methyl sites for hydroxylation is 1. The van der Waals surface area contributed by atoms with Crippen LogP contribution in [0.1, 0.15) is 22.4 Å². The van der Waals surface area contributed by atoms with E-state index in [1.165, 1.54) is 6.20 Å². The number of rotatable bonds is 3. The number of halogens is 3. The van der Waals surface area contributed by atoms with Crippen LogP contribution in [-0.4, -0.2) is 15.1 Å². The number of hydrogen-bond donors (Lipinski definition) is 0. The van der Waals surface area contributed by atoms with Crippen LogP contribution >= 0.6 is 0 Å². The Labute approximate surface area is 159 Å². The average Bonchev–Trinajstić information content (AvgIpc) is 3.05. The van der Waals surface area contributed by atoms with E-state index in [1.807, 2.05) is 60.7 Å². The quantitative estimate of drug-likeness (QED) is 0.412. The molecule has 6 heteroatoms. The van der Waals surface area contributed by atoms with Gasteiger partial charge in [0.2, 0.25) is 0 Å². The van der Waals surface area contributed by atoms with E-state index in [9.17, 15) is 13.2 Å². The van der Waals surface area contributed by atoms with Crippen LogP contribution < -0.4 is 0 Å². The summed E-state index contributed by atoms with van der Waals surface area (Å²) >= 11 is 0. The molecule has 0 aliphatic heterocycles. The van der Waals surface area contributed by atoms with Crippen LogP contribution in [0, 0.1) is 6.92 Å². The molecule has 0 unspecified atom stereocenters. The molecule has 2 heterocycles. The lowest BCUT2D eigenvalue weighted by atomic mass is 10.0. The second kappa shape index (κ2) is 6.96. The fourth-order valence-corrected chi connectivity index (χ4v) is 3.07.